The van der Waals surface area contributed by atoms with E-state index >= 15 is 0 Å². The van der Waals surface area contributed by atoms with Crippen LogP contribution in [0.1, 0.15) is 39.5 Å². The maximum atomic E-state index is 12.5. The maximum absolute atomic E-state index is 12.5. The second kappa shape index (κ2) is 5.38. The molecule has 2 saturated heterocycles. The first-order valence-electron chi connectivity index (χ1n) is 7.08. The van der Waals surface area contributed by atoms with Gasteiger partial charge in [0.1, 0.15) is 0 Å². The quantitative estimate of drug-likeness (QED) is 0.734. The minimum Gasteiger partial charge on any atom is -0.340 e. The van der Waals surface area contributed by atoms with Gasteiger partial charge < -0.3 is 9.80 Å². The second-order valence-corrected chi connectivity index (χ2v) is 6.01. The molecule has 2 fully saturated rings. The highest BCUT2D eigenvalue weighted by Crippen LogP contribution is 2.32. The topological polar surface area (TPSA) is 23.6 Å². The summed E-state index contributed by atoms with van der Waals surface area (Å²) in [5, 5.41) is 0. The van der Waals surface area contributed by atoms with Gasteiger partial charge in [-0.25, -0.2) is 0 Å². The molecule has 3 nitrogen and oxygen atoms in total. The Morgan fingerprint density at radius 1 is 1.12 bits per heavy atom. The summed E-state index contributed by atoms with van der Waals surface area (Å²) >= 11 is 0. The number of likely N-dealkylation sites (tertiary alicyclic amines) is 2. The molecule has 0 aromatic heterocycles. The standard InChI is InChI=1S/C14H26N2O/c1-11(2)16-8-4-5-13(14(16)17)12-6-9-15(3)10-7-12/h11-13H,4-10H2,1-3H3. The molecule has 3 heteroatoms. The Labute approximate surface area is 105 Å². The van der Waals surface area contributed by atoms with Crippen LogP contribution in [0.4, 0.5) is 0 Å². The van der Waals surface area contributed by atoms with E-state index in [1.807, 2.05) is 0 Å². The molecule has 0 bridgehead atoms. The van der Waals surface area contributed by atoms with Gasteiger partial charge in [-0.3, -0.25) is 4.79 Å². The molecule has 1 atom stereocenters. The van der Waals surface area contributed by atoms with E-state index in [0.29, 0.717) is 23.8 Å². The molecule has 0 aliphatic carbocycles. The number of rotatable bonds is 2. The minimum atomic E-state index is 0.319. The van der Waals surface area contributed by atoms with Crippen LogP contribution in [0.25, 0.3) is 0 Å². The van der Waals surface area contributed by atoms with E-state index < -0.39 is 0 Å². The van der Waals surface area contributed by atoms with E-state index in [9.17, 15) is 4.79 Å². The third kappa shape index (κ3) is 2.82. The van der Waals surface area contributed by atoms with Crippen molar-refractivity contribution in [1.29, 1.82) is 0 Å². The van der Waals surface area contributed by atoms with Crippen LogP contribution in [-0.2, 0) is 4.79 Å². The van der Waals surface area contributed by atoms with Gasteiger partial charge in [0.05, 0.1) is 0 Å². The molecule has 0 saturated carbocycles. The summed E-state index contributed by atoms with van der Waals surface area (Å²) in [6.45, 7) is 7.57. The van der Waals surface area contributed by atoms with E-state index in [0.717, 1.165) is 26.1 Å². The number of amides is 1. The zero-order valence-electron chi connectivity index (χ0n) is 11.5. The van der Waals surface area contributed by atoms with Crippen molar-refractivity contribution in [1.82, 2.24) is 9.80 Å². The van der Waals surface area contributed by atoms with Crippen molar-refractivity contribution in [3.05, 3.63) is 0 Å². The smallest absolute Gasteiger partial charge is 0.226 e. The van der Waals surface area contributed by atoms with E-state index in [2.05, 4.69) is 30.7 Å². The van der Waals surface area contributed by atoms with Gasteiger partial charge in [-0.05, 0) is 65.6 Å². The first-order chi connectivity index (χ1) is 8.09. The van der Waals surface area contributed by atoms with Crippen LogP contribution in [0.3, 0.4) is 0 Å². The van der Waals surface area contributed by atoms with Crippen LogP contribution in [0.5, 0.6) is 0 Å². The van der Waals surface area contributed by atoms with Crippen molar-refractivity contribution in [2.24, 2.45) is 11.8 Å². The molecule has 2 heterocycles. The predicted molar refractivity (Wildman–Crippen MR) is 69.8 cm³/mol. The lowest BCUT2D eigenvalue weighted by atomic mass is 9.79. The van der Waals surface area contributed by atoms with Gasteiger partial charge in [-0.15, -0.1) is 0 Å². The second-order valence-electron chi connectivity index (χ2n) is 6.01. The lowest BCUT2D eigenvalue weighted by Crippen LogP contribution is -2.48. The Hall–Kier alpha value is -0.570. The Morgan fingerprint density at radius 3 is 2.35 bits per heavy atom. The Kier molecular flexibility index (Phi) is 4.08. The summed E-state index contributed by atoms with van der Waals surface area (Å²) in [5.41, 5.74) is 0. The lowest BCUT2D eigenvalue weighted by molar-refractivity contribution is -0.143. The van der Waals surface area contributed by atoms with Crippen molar-refractivity contribution >= 4 is 5.91 Å². The van der Waals surface area contributed by atoms with Gasteiger partial charge >= 0.3 is 0 Å². The van der Waals surface area contributed by atoms with Crippen LogP contribution in [0.2, 0.25) is 0 Å². The van der Waals surface area contributed by atoms with Crippen LogP contribution >= 0.6 is 0 Å². The maximum Gasteiger partial charge on any atom is 0.226 e. The minimum absolute atomic E-state index is 0.319. The van der Waals surface area contributed by atoms with Gasteiger partial charge in [0.2, 0.25) is 5.91 Å². The molecular weight excluding hydrogens is 212 g/mol. The molecular formula is C14H26N2O. The summed E-state index contributed by atoms with van der Waals surface area (Å²) in [6, 6.07) is 0.372. The molecule has 98 valence electrons. The number of carbonyl (C=O) groups is 1. The molecule has 0 aromatic carbocycles. The fourth-order valence-electron chi connectivity index (χ4n) is 3.31. The van der Waals surface area contributed by atoms with Gasteiger partial charge in [-0.1, -0.05) is 0 Å². The van der Waals surface area contributed by atoms with Crippen LogP contribution in [0.15, 0.2) is 0 Å². The number of hydrogen-bond acceptors (Lipinski definition) is 2. The average molecular weight is 238 g/mol. The predicted octanol–water partition coefficient (Wildman–Crippen LogP) is 1.98. The molecule has 1 unspecified atom stereocenters. The summed E-state index contributed by atoms with van der Waals surface area (Å²) in [6.07, 6.45) is 4.73. The number of piperidine rings is 2. The molecule has 0 N–H and O–H groups in total. The highest BCUT2D eigenvalue weighted by Gasteiger charge is 2.36. The molecule has 17 heavy (non-hydrogen) atoms. The molecule has 0 radical (unpaired) electrons. The van der Waals surface area contributed by atoms with E-state index in [1.54, 1.807) is 0 Å². The molecule has 0 aromatic rings. The van der Waals surface area contributed by atoms with Crippen molar-refractivity contribution in [3.63, 3.8) is 0 Å². The summed E-state index contributed by atoms with van der Waals surface area (Å²) < 4.78 is 0. The zero-order chi connectivity index (χ0) is 12.4. The largest absolute Gasteiger partial charge is 0.340 e. The third-order valence-electron chi connectivity index (χ3n) is 4.47. The SMILES string of the molecule is CC(C)N1CCCC(C2CCN(C)CC2)C1=O. The van der Waals surface area contributed by atoms with Crippen LogP contribution in [0, 0.1) is 11.8 Å². The lowest BCUT2D eigenvalue weighted by Gasteiger charge is -2.40. The van der Waals surface area contributed by atoms with E-state index in [1.165, 1.54) is 19.3 Å². The highest BCUT2D eigenvalue weighted by atomic mass is 16.2. The van der Waals surface area contributed by atoms with Gasteiger partial charge in [-0.2, -0.15) is 0 Å². The Bertz CT molecular complexity index is 269. The molecule has 1 amide bonds. The Balaban J connectivity index is 1.98. The van der Waals surface area contributed by atoms with Crippen LogP contribution < -0.4 is 0 Å². The number of hydrogen-bond donors (Lipinski definition) is 0. The average Bonchev–Trinajstić information content (AvgIpc) is 2.30. The van der Waals surface area contributed by atoms with E-state index in [4.69, 9.17) is 0 Å². The summed E-state index contributed by atoms with van der Waals surface area (Å²) in [4.78, 5) is 16.9. The highest BCUT2D eigenvalue weighted by molar-refractivity contribution is 5.80. The zero-order valence-corrected chi connectivity index (χ0v) is 11.5. The first kappa shape index (κ1) is 12.9. The van der Waals surface area contributed by atoms with Crippen LogP contribution in [-0.4, -0.2) is 48.4 Å². The van der Waals surface area contributed by atoms with Crippen molar-refractivity contribution in [2.45, 2.75) is 45.6 Å². The first-order valence-corrected chi connectivity index (χ1v) is 7.08. The number of carbonyl (C=O) groups excluding carboxylic acids is 1. The fourth-order valence-corrected chi connectivity index (χ4v) is 3.31. The van der Waals surface area contributed by atoms with Gasteiger partial charge in [0, 0.05) is 18.5 Å². The number of nitrogens with zero attached hydrogens (tertiary/aromatic N) is 2. The summed E-state index contributed by atoms with van der Waals surface area (Å²) in [5.74, 6) is 1.39. The molecule has 0 spiro atoms. The van der Waals surface area contributed by atoms with Crippen molar-refractivity contribution in [2.75, 3.05) is 26.7 Å². The third-order valence-corrected chi connectivity index (χ3v) is 4.47. The van der Waals surface area contributed by atoms with Crippen molar-refractivity contribution in [3.8, 4) is 0 Å². The fraction of sp³-hybridized carbons (Fsp3) is 0.929. The Morgan fingerprint density at radius 2 is 1.76 bits per heavy atom. The normalized spacial score (nSPS) is 29.1. The van der Waals surface area contributed by atoms with Gasteiger partial charge in [0.25, 0.3) is 0 Å². The van der Waals surface area contributed by atoms with Crippen molar-refractivity contribution < 1.29 is 4.79 Å². The molecule has 2 aliphatic heterocycles. The summed E-state index contributed by atoms with van der Waals surface area (Å²) in [7, 11) is 2.18. The monoisotopic (exact) mass is 238 g/mol. The molecule has 2 aliphatic rings. The van der Waals surface area contributed by atoms with Gasteiger partial charge in [0.15, 0.2) is 0 Å². The molecule has 2 rings (SSSR count). The van der Waals surface area contributed by atoms with E-state index in [-0.39, 0.29) is 0 Å².